The molecule has 2 aromatic carbocycles. The largest absolute Gasteiger partial charge is 0.464 e. The van der Waals surface area contributed by atoms with Crippen molar-refractivity contribution in [3.8, 4) is 0 Å². The van der Waals surface area contributed by atoms with Crippen molar-refractivity contribution in [3.05, 3.63) is 48.0 Å². The Balaban J connectivity index is 2.03. The van der Waals surface area contributed by atoms with Crippen LogP contribution < -0.4 is 0 Å². The van der Waals surface area contributed by atoms with Crippen LogP contribution in [-0.4, -0.2) is 38.1 Å². The summed E-state index contributed by atoms with van der Waals surface area (Å²) in [5.41, 5.74) is 1.02. The first-order valence-electron chi connectivity index (χ1n) is 6.44. The van der Waals surface area contributed by atoms with E-state index in [-0.39, 0.29) is 5.97 Å². The van der Waals surface area contributed by atoms with E-state index in [0.29, 0.717) is 13.0 Å². The van der Waals surface area contributed by atoms with E-state index in [0.717, 1.165) is 22.9 Å². The fourth-order valence-corrected chi connectivity index (χ4v) is 2.00. The second kappa shape index (κ2) is 6.34. The smallest absolute Gasteiger partial charge is 0.310 e. The summed E-state index contributed by atoms with van der Waals surface area (Å²) < 4.78 is 5.23. The number of fused-ring (bicyclic) bond motifs is 1. The van der Waals surface area contributed by atoms with Crippen LogP contribution in [-0.2, 0) is 16.0 Å². The number of esters is 1. The van der Waals surface area contributed by atoms with Gasteiger partial charge in [0, 0.05) is 6.54 Å². The first-order chi connectivity index (χ1) is 9.16. The molecule has 0 saturated carbocycles. The first kappa shape index (κ1) is 13.6. The zero-order chi connectivity index (χ0) is 13.7. The molecule has 0 aliphatic heterocycles. The molecule has 0 bridgehead atoms. The molecular weight excluding hydrogens is 238 g/mol. The summed E-state index contributed by atoms with van der Waals surface area (Å²) in [6, 6.07) is 14.1. The Kier molecular flexibility index (Phi) is 4.53. The van der Waals surface area contributed by atoms with Crippen LogP contribution in [0, 0.1) is 0 Å². The number of ether oxygens (including phenoxy) is 1. The zero-order valence-electron chi connectivity index (χ0n) is 11.4. The van der Waals surface area contributed by atoms with Crippen molar-refractivity contribution < 1.29 is 9.53 Å². The van der Waals surface area contributed by atoms with Gasteiger partial charge in [0.2, 0.25) is 0 Å². The van der Waals surface area contributed by atoms with Crippen molar-refractivity contribution in [1.29, 1.82) is 0 Å². The molecule has 0 aliphatic carbocycles. The lowest BCUT2D eigenvalue weighted by atomic mass is 10.0. The van der Waals surface area contributed by atoms with Gasteiger partial charge in [0.1, 0.15) is 6.61 Å². The van der Waals surface area contributed by atoms with E-state index in [4.69, 9.17) is 4.74 Å². The van der Waals surface area contributed by atoms with Crippen LogP contribution in [0.5, 0.6) is 0 Å². The molecule has 0 spiro atoms. The van der Waals surface area contributed by atoms with Crippen molar-refractivity contribution in [1.82, 2.24) is 4.90 Å². The monoisotopic (exact) mass is 257 g/mol. The van der Waals surface area contributed by atoms with Crippen LogP contribution in [0.4, 0.5) is 0 Å². The normalized spacial score (nSPS) is 10.9. The Morgan fingerprint density at radius 1 is 1.11 bits per heavy atom. The van der Waals surface area contributed by atoms with Gasteiger partial charge < -0.3 is 9.64 Å². The number of hydrogen-bond acceptors (Lipinski definition) is 3. The van der Waals surface area contributed by atoms with Gasteiger partial charge in [-0.15, -0.1) is 0 Å². The standard InChI is InChI=1S/C16H19NO2/c1-17(2)10-11-19-16(18)12-14-8-5-7-13-6-3-4-9-15(13)14/h3-9H,10-12H2,1-2H3. The van der Waals surface area contributed by atoms with E-state index >= 15 is 0 Å². The number of nitrogens with zero attached hydrogens (tertiary/aromatic N) is 1. The highest BCUT2D eigenvalue weighted by atomic mass is 16.5. The fraction of sp³-hybridized carbons (Fsp3) is 0.312. The van der Waals surface area contributed by atoms with E-state index in [9.17, 15) is 4.79 Å². The summed E-state index contributed by atoms with van der Waals surface area (Å²) >= 11 is 0. The quantitative estimate of drug-likeness (QED) is 0.771. The molecule has 2 aromatic rings. The molecule has 2 rings (SSSR count). The lowest BCUT2D eigenvalue weighted by Gasteiger charge is -2.10. The Hall–Kier alpha value is -1.87. The van der Waals surface area contributed by atoms with Crippen LogP contribution >= 0.6 is 0 Å². The van der Waals surface area contributed by atoms with Gasteiger partial charge in [-0.3, -0.25) is 4.79 Å². The second-order valence-corrected chi connectivity index (χ2v) is 4.84. The predicted molar refractivity (Wildman–Crippen MR) is 77.2 cm³/mol. The maximum Gasteiger partial charge on any atom is 0.310 e. The average Bonchev–Trinajstić information content (AvgIpc) is 2.39. The maximum atomic E-state index is 11.8. The minimum Gasteiger partial charge on any atom is -0.464 e. The molecule has 0 fully saturated rings. The zero-order valence-corrected chi connectivity index (χ0v) is 11.4. The number of hydrogen-bond donors (Lipinski definition) is 0. The van der Waals surface area contributed by atoms with Gasteiger partial charge in [-0.25, -0.2) is 0 Å². The highest BCUT2D eigenvalue weighted by molar-refractivity contribution is 5.88. The highest BCUT2D eigenvalue weighted by Crippen LogP contribution is 2.19. The van der Waals surface area contributed by atoms with Crippen LogP contribution in [0.3, 0.4) is 0 Å². The minimum absolute atomic E-state index is 0.168. The molecule has 0 unspecified atom stereocenters. The van der Waals surface area contributed by atoms with E-state index in [1.165, 1.54) is 0 Å². The van der Waals surface area contributed by atoms with E-state index in [1.54, 1.807) is 0 Å². The van der Waals surface area contributed by atoms with E-state index in [2.05, 4.69) is 12.1 Å². The Bertz CT molecular complexity index is 558. The molecule has 0 N–H and O–H groups in total. The van der Waals surface area contributed by atoms with Crippen molar-refractivity contribution >= 4 is 16.7 Å². The molecule has 0 heterocycles. The highest BCUT2D eigenvalue weighted by Gasteiger charge is 2.07. The molecule has 100 valence electrons. The van der Waals surface area contributed by atoms with Crippen molar-refractivity contribution in [2.24, 2.45) is 0 Å². The number of benzene rings is 2. The van der Waals surface area contributed by atoms with Crippen molar-refractivity contribution in [2.75, 3.05) is 27.2 Å². The Labute approximate surface area is 113 Å². The summed E-state index contributed by atoms with van der Waals surface area (Å²) in [5, 5.41) is 2.27. The van der Waals surface area contributed by atoms with Gasteiger partial charge >= 0.3 is 5.97 Å². The molecule has 19 heavy (non-hydrogen) atoms. The van der Waals surface area contributed by atoms with Crippen LogP contribution in [0.15, 0.2) is 42.5 Å². The fourth-order valence-electron chi connectivity index (χ4n) is 2.00. The second-order valence-electron chi connectivity index (χ2n) is 4.84. The van der Waals surface area contributed by atoms with Crippen LogP contribution in [0.2, 0.25) is 0 Å². The summed E-state index contributed by atoms with van der Waals surface area (Å²) in [5.74, 6) is -0.168. The molecule has 0 atom stereocenters. The van der Waals surface area contributed by atoms with Crippen LogP contribution in [0.25, 0.3) is 10.8 Å². The van der Waals surface area contributed by atoms with Gasteiger partial charge in [-0.2, -0.15) is 0 Å². The number of rotatable bonds is 5. The van der Waals surface area contributed by atoms with E-state index in [1.807, 2.05) is 49.3 Å². The number of carbonyl (C=O) groups excluding carboxylic acids is 1. The van der Waals surface area contributed by atoms with Gasteiger partial charge in [0.15, 0.2) is 0 Å². The minimum atomic E-state index is -0.168. The molecule has 0 amide bonds. The molecule has 0 aromatic heterocycles. The molecule has 0 aliphatic rings. The van der Waals surface area contributed by atoms with Crippen LogP contribution in [0.1, 0.15) is 5.56 Å². The van der Waals surface area contributed by atoms with Gasteiger partial charge in [-0.05, 0) is 30.4 Å². The maximum absolute atomic E-state index is 11.8. The summed E-state index contributed by atoms with van der Waals surface area (Å²) in [6.07, 6.45) is 0.328. The van der Waals surface area contributed by atoms with Crippen molar-refractivity contribution in [3.63, 3.8) is 0 Å². The molecule has 3 heteroatoms. The lowest BCUT2D eigenvalue weighted by molar-refractivity contribution is -0.143. The predicted octanol–water partition coefficient (Wildman–Crippen LogP) is 2.49. The van der Waals surface area contributed by atoms with Gasteiger partial charge in [0.25, 0.3) is 0 Å². The third-order valence-electron chi connectivity index (χ3n) is 3.02. The summed E-state index contributed by atoms with van der Waals surface area (Å²) in [7, 11) is 3.91. The molecule has 3 nitrogen and oxygen atoms in total. The van der Waals surface area contributed by atoms with Crippen molar-refractivity contribution in [2.45, 2.75) is 6.42 Å². The third kappa shape index (κ3) is 3.80. The molecular formula is C16H19NO2. The Morgan fingerprint density at radius 2 is 1.84 bits per heavy atom. The Morgan fingerprint density at radius 3 is 2.63 bits per heavy atom. The SMILES string of the molecule is CN(C)CCOC(=O)Cc1cccc2ccccc12. The number of carbonyl (C=O) groups is 1. The topological polar surface area (TPSA) is 29.5 Å². The van der Waals surface area contributed by atoms with Gasteiger partial charge in [0.05, 0.1) is 6.42 Å². The average molecular weight is 257 g/mol. The lowest BCUT2D eigenvalue weighted by Crippen LogP contribution is -2.20. The third-order valence-corrected chi connectivity index (χ3v) is 3.02. The molecule has 0 radical (unpaired) electrons. The number of likely N-dealkylation sites (N-methyl/N-ethyl adjacent to an activating group) is 1. The molecule has 0 saturated heterocycles. The summed E-state index contributed by atoms with van der Waals surface area (Å²) in [4.78, 5) is 13.8. The summed E-state index contributed by atoms with van der Waals surface area (Å²) in [6.45, 7) is 1.19. The first-order valence-corrected chi connectivity index (χ1v) is 6.44. The van der Waals surface area contributed by atoms with E-state index < -0.39 is 0 Å². The van der Waals surface area contributed by atoms with Gasteiger partial charge in [-0.1, -0.05) is 42.5 Å².